The monoisotopic (exact) mass is 424 g/mol. The van der Waals surface area contributed by atoms with Gasteiger partial charge in [-0.05, 0) is 44.1 Å². The smallest absolute Gasteiger partial charge is 0.341 e. The van der Waals surface area contributed by atoms with Crippen molar-refractivity contribution in [3.63, 3.8) is 0 Å². The summed E-state index contributed by atoms with van der Waals surface area (Å²) < 4.78 is 5.70. The van der Waals surface area contributed by atoms with Gasteiger partial charge >= 0.3 is 5.97 Å². The van der Waals surface area contributed by atoms with Crippen LogP contribution in [0.2, 0.25) is 0 Å². The lowest BCUT2D eigenvalue weighted by atomic mass is 9.95. The van der Waals surface area contributed by atoms with Gasteiger partial charge in [0, 0.05) is 10.9 Å². The third kappa shape index (κ3) is 4.44. The molecule has 0 aromatic carbocycles. The molecule has 1 amide bonds. The van der Waals surface area contributed by atoms with E-state index < -0.39 is 0 Å². The maximum atomic E-state index is 12.4. The highest BCUT2D eigenvalue weighted by atomic mass is 32.2. The number of hydrogen-bond acceptors (Lipinski definition) is 9. The number of aromatic nitrogens is 2. The second-order valence-corrected chi connectivity index (χ2v) is 9.84. The summed E-state index contributed by atoms with van der Waals surface area (Å²) in [6.45, 7) is 0. The van der Waals surface area contributed by atoms with E-state index in [0.29, 0.717) is 16.6 Å². The van der Waals surface area contributed by atoms with Gasteiger partial charge in [0.05, 0.1) is 18.4 Å². The molecule has 0 bridgehead atoms. The van der Waals surface area contributed by atoms with Crippen LogP contribution in [0.3, 0.4) is 0 Å². The fourth-order valence-electron chi connectivity index (χ4n) is 2.99. The molecule has 0 saturated heterocycles. The van der Waals surface area contributed by atoms with Crippen molar-refractivity contribution in [3.8, 4) is 0 Å². The van der Waals surface area contributed by atoms with E-state index in [1.54, 1.807) is 0 Å². The average Bonchev–Trinajstić information content (AvgIpc) is 3.24. The average molecular weight is 425 g/mol. The molecular formula is C17H20N4O3S3. The molecule has 0 spiro atoms. The van der Waals surface area contributed by atoms with Crippen LogP contribution in [0.1, 0.15) is 46.5 Å². The van der Waals surface area contributed by atoms with Crippen molar-refractivity contribution < 1.29 is 14.3 Å². The summed E-state index contributed by atoms with van der Waals surface area (Å²) in [6, 6.07) is 0.528. The first-order valence-corrected chi connectivity index (χ1v) is 11.5. The van der Waals surface area contributed by atoms with E-state index in [1.807, 2.05) is 0 Å². The van der Waals surface area contributed by atoms with Crippen LogP contribution in [0.25, 0.3) is 0 Å². The zero-order chi connectivity index (χ0) is 18.8. The van der Waals surface area contributed by atoms with E-state index in [4.69, 9.17) is 4.74 Å². The van der Waals surface area contributed by atoms with E-state index in [0.717, 1.165) is 40.7 Å². The lowest BCUT2D eigenvalue weighted by Crippen LogP contribution is -2.16. The molecule has 2 aromatic heterocycles. The third-order valence-electron chi connectivity index (χ3n) is 4.45. The number of amides is 1. The standard InChI is InChI=1S/C17H20N4O3S3/c1-24-15(23)13-10-4-2-3-5-11(10)26-14(13)19-12(22)8-25-17-21-20-16(27-17)18-9-6-7-9/h9H,2-8H2,1H3,(H,18,20)(H,19,22). The normalized spacial score (nSPS) is 15.9. The van der Waals surface area contributed by atoms with Gasteiger partial charge in [0.2, 0.25) is 11.0 Å². The molecule has 10 heteroatoms. The molecule has 2 aliphatic carbocycles. The highest BCUT2D eigenvalue weighted by Gasteiger charge is 2.27. The quantitative estimate of drug-likeness (QED) is 0.518. The van der Waals surface area contributed by atoms with Crippen LogP contribution < -0.4 is 10.6 Å². The molecule has 0 atom stereocenters. The number of thiophene rings is 1. The number of aryl methyl sites for hydroxylation is 1. The molecule has 27 heavy (non-hydrogen) atoms. The number of carbonyl (C=O) groups excluding carboxylic acids is 2. The highest BCUT2D eigenvalue weighted by molar-refractivity contribution is 8.01. The SMILES string of the molecule is COC(=O)c1c(NC(=O)CSc2nnc(NC3CC3)s2)sc2c1CCCC2. The highest BCUT2D eigenvalue weighted by Crippen LogP contribution is 2.38. The Morgan fingerprint density at radius 2 is 2.04 bits per heavy atom. The minimum atomic E-state index is -0.378. The number of esters is 1. The minimum Gasteiger partial charge on any atom is -0.465 e. The molecule has 1 fully saturated rings. The van der Waals surface area contributed by atoms with Crippen LogP contribution in [-0.2, 0) is 22.4 Å². The number of methoxy groups -OCH3 is 1. The summed E-state index contributed by atoms with van der Waals surface area (Å²) in [4.78, 5) is 25.8. The van der Waals surface area contributed by atoms with E-state index in [9.17, 15) is 9.59 Å². The predicted octanol–water partition coefficient (Wildman–Crippen LogP) is 3.57. The van der Waals surface area contributed by atoms with Crippen molar-refractivity contribution in [1.29, 1.82) is 0 Å². The number of thioether (sulfide) groups is 1. The second kappa shape index (κ2) is 8.15. The van der Waals surface area contributed by atoms with Crippen LogP contribution in [0.15, 0.2) is 4.34 Å². The van der Waals surface area contributed by atoms with E-state index in [2.05, 4.69) is 20.8 Å². The van der Waals surface area contributed by atoms with Gasteiger partial charge in [0.1, 0.15) is 5.00 Å². The Morgan fingerprint density at radius 3 is 2.81 bits per heavy atom. The van der Waals surface area contributed by atoms with Crippen molar-refractivity contribution in [1.82, 2.24) is 10.2 Å². The Hall–Kier alpha value is -1.65. The Balaban J connectivity index is 1.39. The summed E-state index contributed by atoms with van der Waals surface area (Å²) in [7, 11) is 1.37. The van der Waals surface area contributed by atoms with Gasteiger partial charge in [0.25, 0.3) is 0 Å². The van der Waals surface area contributed by atoms with Crippen molar-refractivity contribution in [2.24, 2.45) is 0 Å². The predicted molar refractivity (Wildman–Crippen MR) is 108 cm³/mol. The van der Waals surface area contributed by atoms with Gasteiger partial charge in [-0.1, -0.05) is 23.1 Å². The Labute approximate surface area is 169 Å². The first-order valence-electron chi connectivity index (χ1n) is 8.89. The van der Waals surface area contributed by atoms with Crippen LogP contribution in [-0.4, -0.2) is 41.0 Å². The molecule has 144 valence electrons. The molecule has 1 saturated carbocycles. The fourth-order valence-corrected chi connectivity index (χ4v) is 5.91. The second-order valence-electron chi connectivity index (χ2n) is 6.54. The van der Waals surface area contributed by atoms with Crippen LogP contribution in [0, 0.1) is 0 Å². The maximum absolute atomic E-state index is 12.4. The number of nitrogens with one attached hydrogen (secondary N) is 2. The Bertz CT molecular complexity index is 860. The number of fused-ring (bicyclic) bond motifs is 1. The zero-order valence-electron chi connectivity index (χ0n) is 14.9. The molecule has 2 aliphatic rings. The van der Waals surface area contributed by atoms with Gasteiger partial charge < -0.3 is 15.4 Å². The number of anilines is 2. The number of nitrogens with zero attached hydrogens (tertiary/aromatic N) is 2. The summed E-state index contributed by atoms with van der Waals surface area (Å²) in [5, 5.41) is 15.8. The van der Waals surface area contributed by atoms with Crippen molar-refractivity contribution in [3.05, 3.63) is 16.0 Å². The topological polar surface area (TPSA) is 93.2 Å². The maximum Gasteiger partial charge on any atom is 0.341 e. The van der Waals surface area contributed by atoms with Crippen LogP contribution in [0.4, 0.5) is 10.1 Å². The van der Waals surface area contributed by atoms with Crippen molar-refractivity contribution in [2.75, 3.05) is 23.5 Å². The number of hydrogen-bond donors (Lipinski definition) is 2. The molecule has 2 N–H and O–H groups in total. The molecule has 2 heterocycles. The summed E-state index contributed by atoms with van der Waals surface area (Å²) >= 11 is 4.31. The van der Waals surface area contributed by atoms with Gasteiger partial charge in [0.15, 0.2) is 4.34 Å². The summed E-state index contributed by atoms with van der Waals surface area (Å²) in [5.74, 6) is -0.311. The lowest BCUT2D eigenvalue weighted by molar-refractivity contribution is -0.113. The van der Waals surface area contributed by atoms with Gasteiger partial charge in [-0.25, -0.2) is 4.79 Å². The molecule has 4 rings (SSSR count). The lowest BCUT2D eigenvalue weighted by Gasteiger charge is -2.11. The molecule has 0 unspecified atom stereocenters. The minimum absolute atomic E-state index is 0.157. The largest absolute Gasteiger partial charge is 0.465 e. The van der Waals surface area contributed by atoms with E-state index in [1.165, 1.54) is 59.3 Å². The van der Waals surface area contributed by atoms with Crippen molar-refractivity contribution >= 4 is 56.4 Å². The van der Waals surface area contributed by atoms with Gasteiger partial charge in [-0.15, -0.1) is 21.5 Å². The molecular weight excluding hydrogens is 404 g/mol. The van der Waals surface area contributed by atoms with E-state index >= 15 is 0 Å². The van der Waals surface area contributed by atoms with Gasteiger partial charge in [-0.3, -0.25) is 4.79 Å². The summed E-state index contributed by atoms with van der Waals surface area (Å²) in [6.07, 6.45) is 6.35. The molecule has 2 aromatic rings. The Kier molecular flexibility index (Phi) is 5.65. The first kappa shape index (κ1) is 18.7. The third-order valence-corrected chi connectivity index (χ3v) is 7.65. The zero-order valence-corrected chi connectivity index (χ0v) is 17.3. The van der Waals surface area contributed by atoms with Gasteiger partial charge in [-0.2, -0.15) is 0 Å². The molecule has 0 aliphatic heterocycles. The number of carbonyl (C=O) groups is 2. The fraction of sp³-hybridized carbons (Fsp3) is 0.529. The molecule has 0 radical (unpaired) electrons. The Morgan fingerprint density at radius 1 is 1.22 bits per heavy atom. The number of rotatable bonds is 7. The van der Waals surface area contributed by atoms with Crippen molar-refractivity contribution in [2.45, 2.75) is 48.9 Å². The van der Waals surface area contributed by atoms with Crippen LogP contribution >= 0.6 is 34.4 Å². The van der Waals surface area contributed by atoms with E-state index in [-0.39, 0.29) is 17.6 Å². The first-order chi connectivity index (χ1) is 13.1. The van der Waals surface area contributed by atoms with Crippen LogP contribution in [0.5, 0.6) is 0 Å². The number of ether oxygens (including phenoxy) is 1. The molecule has 7 nitrogen and oxygen atoms in total. The summed E-state index contributed by atoms with van der Waals surface area (Å²) in [5.41, 5.74) is 1.57.